The van der Waals surface area contributed by atoms with Crippen LogP contribution in [0.2, 0.25) is 0 Å². The molecule has 1 atom stereocenters. The molecule has 0 saturated carbocycles. The molecule has 2 N–H and O–H groups in total. The van der Waals surface area contributed by atoms with Crippen LogP contribution in [-0.2, 0) is 4.74 Å². The van der Waals surface area contributed by atoms with Gasteiger partial charge in [-0.25, -0.2) is 15.0 Å². The van der Waals surface area contributed by atoms with Crippen molar-refractivity contribution in [3.63, 3.8) is 0 Å². The average molecular weight is 330 g/mol. The number of thiophene rings is 1. The zero-order valence-corrected chi connectivity index (χ0v) is 13.4. The second kappa shape index (κ2) is 6.61. The summed E-state index contributed by atoms with van der Waals surface area (Å²) in [5, 5.41) is 5.59. The summed E-state index contributed by atoms with van der Waals surface area (Å²) in [4.78, 5) is 19.6. The fraction of sp³-hybridized carbons (Fsp3) is 0.400. The first-order valence-corrected chi connectivity index (χ1v) is 8.53. The van der Waals surface area contributed by atoms with E-state index >= 15 is 0 Å². The number of hydrogen-bond acceptors (Lipinski definition) is 7. The van der Waals surface area contributed by atoms with Crippen molar-refractivity contribution in [1.29, 1.82) is 0 Å². The second-order valence-corrected chi connectivity index (χ2v) is 6.36. The third-order valence-electron chi connectivity index (χ3n) is 4.04. The van der Waals surface area contributed by atoms with Gasteiger partial charge in [-0.2, -0.15) is 0 Å². The van der Waals surface area contributed by atoms with Crippen molar-refractivity contribution >= 4 is 28.3 Å². The fourth-order valence-corrected chi connectivity index (χ4v) is 3.73. The molecule has 3 aromatic rings. The van der Waals surface area contributed by atoms with Gasteiger partial charge in [-0.1, -0.05) is 6.07 Å². The fourth-order valence-electron chi connectivity index (χ4n) is 2.87. The number of anilines is 1. The van der Waals surface area contributed by atoms with E-state index in [4.69, 9.17) is 4.74 Å². The number of morpholine rings is 1. The molecule has 4 heterocycles. The lowest BCUT2D eigenvalue weighted by Gasteiger charge is -2.34. The normalized spacial score (nSPS) is 17.4. The Labute approximate surface area is 137 Å². The van der Waals surface area contributed by atoms with Gasteiger partial charge in [-0.05, 0) is 11.4 Å². The van der Waals surface area contributed by atoms with Crippen molar-refractivity contribution in [1.82, 2.24) is 24.8 Å². The molecule has 0 unspecified atom stereocenters. The predicted octanol–water partition coefficient (Wildman–Crippen LogP) is 1.90. The third-order valence-corrected chi connectivity index (χ3v) is 5.02. The molecule has 1 fully saturated rings. The highest BCUT2D eigenvalue weighted by atomic mass is 32.1. The largest absolute Gasteiger partial charge is 0.379 e. The first-order chi connectivity index (χ1) is 11.4. The molecule has 8 heteroatoms. The second-order valence-electron chi connectivity index (χ2n) is 5.38. The highest BCUT2D eigenvalue weighted by Gasteiger charge is 2.23. The van der Waals surface area contributed by atoms with Crippen LogP contribution in [0, 0.1) is 0 Å². The number of rotatable bonds is 5. The van der Waals surface area contributed by atoms with Gasteiger partial charge in [-0.3, -0.25) is 4.90 Å². The minimum atomic E-state index is 0.312. The molecule has 1 aliphatic heterocycles. The van der Waals surface area contributed by atoms with E-state index in [1.54, 1.807) is 24.0 Å². The molecule has 7 nitrogen and oxygen atoms in total. The van der Waals surface area contributed by atoms with E-state index in [-0.39, 0.29) is 0 Å². The Bertz CT molecular complexity index is 752. The van der Waals surface area contributed by atoms with Crippen LogP contribution in [0.3, 0.4) is 0 Å². The zero-order valence-electron chi connectivity index (χ0n) is 12.6. The number of ether oxygens (including phenoxy) is 1. The van der Waals surface area contributed by atoms with Gasteiger partial charge < -0.3 is 15.0 Å². The molecule has 0 radical (unpaired) electrons. The van der Waals surface area contributed by atoms with Gasteiger partial charge in [0.05, 0.1) is 25.6 Å². The van der Waals surface area contributed by atoms with Crippen molar-refractivity contribution in [3.05, 3.63) is 35.0 Å². The van der Waals surface area contributed by atoms with Gasteiger partial charge in [0.15, 0.2) is 11.5 Å². The molecule has 4 rings (SSSR count). The minimum Gasteiger partial charge on any atom is -0.379 e. The molecule has 23 heavy (non-hydrogen) atoms. The van der Waals surface area contributed by atoms with Crippen LogP contribution in [0.4, 0.5) is 5.82 Å². The lowest BCUT2D eigenvalue weighted by molar-refractivity contribution is 0.0194. The van der Waals surface area contributed by atoms with Gasteiger partial charge in [0, 0.05) is 24.5 Å². The standard InChI is InChI=1S/C15H18N6OS/c1-2-12(23-7-1)11(21-3-5-22-6-4-21)8-16-14-13-15(18-9-17-13)20-10-19-14/h1-2,7,9-11H,3-6,8H2,(H2,16,17,18,19,20)/t11-/m0/s1. The lowest BCUT2D eigenvalue weighted by atomic mass is 10.2. The summed E-state index contributed by atoms with van der Waals surface area (Å²) in [6.07, 6.45) is 3.18. The summed E-state index contributed by atoms with van der Waals surface area (Å²) in [5.74, 6) is 0.794. The topological polar surface area (TPSA) is 79.0 Å². The molecule has 1 aliphatic rings. The Kier molecular flexibility index (Phi) is 4.18. The van der Waals surface area contributed by atoms with Crippen LogP contribution in [0.15, 0.2) is 30.2 Å². The third kappa shape index (κ3) is 3.05. The summed E-state index contributed by atoms with van der Waals surface area (Å²) in [7, 11) is 0. The molecule has 1 saturated heterocycles. The molecule has 0 bridgehead atoms. The molecular formula is C15H18N6OS. The number of aromatic amines is 1. The number of fused-ring (bicyclic) bond motifs is 1. The summed E-state index contributed by atoms with van der Waals surface area (Å²) >= 11 is 1.79. The van der Waals surface area contributed by atoms with Crippen LogP contribution in [0.5, 0.6) is 0 Å². The van der Waals surface area contributed by atoms with E-state index in [2.05, 4.69) is 47.7 Å². The first kappa shape index (κ1) is 14.6. The Balaban J connectivity index is 1.54. The van der Waals surface area contributed by atoms with E-state index in [9.17, 15) is 0 Å². The molecule has 0 amide bonds. The van der Waals surface area contributed by atoms with Gasteiger partial charge in [-0.15, -0.1) is 11.3 Å². The lowest BCUT2D eigenvalue weighted by Crippen LogP contribution is -2.41. The maximum absolute atomic E-state index is 5.48. The van der Waals surface area contributed by atoms with Crippen molar-refractivity contribution in [2.45, 2.75) is 6.04 Å². The molecule has 0 aromatic carbocycles. The summed E-state index contributed by atoms with van der Waals surface area (Å²) in [5.41, 5.74) is 1.53. The Hall–Kier alpha value is -2.03. The van der Waals surface area contributed by atoms with Gasteiger partial charge >= 0.3 is 0 Å². The van der Waals surface area contributed by atoms with Crippen LogP contribution in [0.1, 0.15) is 10.9 Å². The average Bonchev–Trinajstić information content (AvgIpc) is 3.28. The molecule has 120 valence electrons. The molecule has 3 aromatic heterocycles. The number of aromatic nitrogens is 4. The van der Waals surface area contributed by atoms with Gasteiger partial charge in [0.2, 0.25) is 0 Å². The Morgan fingerprint density at radius 3 is 3.04 bits per heavy atom. The maximum atomic E-state index is 5.48. The van der Waals surface area contributed by atoms with Crippen molar-refractivity contribution in [2.24, 2.45) is 0 Å². The van der Waals surface area contributed by atoms with Crippen molar-refractivity contribution in [2.75, 3.05) is 38.2 Å². The maximum Gasteiger partial charge on any atom is 0.182 e. The van der Waals surface area contributed by atoms with Crippen molar-refractivity contribution < 1.29 is 4.74 Å². The smallest absolute Gasteiger partial charge is 0.182 e. The van der Waals surface area contributed by atoms with E-state index in [0.29, 0.717) is 11.7 Å². The highest BCUT2D eigenvalue weighted by Crippen LogP contribution is 2.27. The summed E-state index contributed by atoms with van der Waals surface area (Å²) < 4.78 is 5.48. The molecule has 0 aliphatic carbocycles. The number of H-pyrrole nitrogens is 1. The predicted molar refractivity (Wildman–Crippen MR) is 89.6 cm³/mol. The summed E-state index contributed by atoms with van der Waals surface area (Å²) in [6.45, 7) is 4.27. The molecule has 0 spiro atoms. The van der Waals surface area contributed by atoms with Crippen LogP contribution in [0.25, 0.3) is 11.2 Å². The molecular weight excluding hydrogens is 312 g/mol. The Morgan fingerprint density at radius 1 is 1.30 bits per heavy atom. The zero-order chi connectivity index (χ0) is 15.5. The monoisotopic (exact) mass is 330 g/mol. The number of nitrogens with zero attached hydrogens (tertiary/aromatic N) is 4. The SMILES string of the molecule is c1csc([C@H](CNc2ncnc3nc[nH]c23)N2CCOCC2)c1. The van der Waals surface area contributed by atoms with E-state index in [1.165, 1.54) is 4.88 Å². The van der Waals surface area contributed by atoms with Gasteiger partial charge in [0.1, 0.15) is 11.8 Å². The Morgan fingerprint density at radius 2 is 2.22 bits per heavy atom. The van der Waals surface area contributed by atoms with Crippen LogP contribution in [-0.4, -0.2) is 57.7 Å². The van der Waals surface area contributed by atoms with Crippen LogP contribution < -0.4 is 5.32 Å². The van der Waals surface area contributed by atoms with Crippen LogP contribution >= 0.6 is 11.3 Å². The van der Waals surface area contributed by atoms with E-state index < -0.39 is 0 Å². The first-order valence-electron chi connectivity index (χ1n) is 7.65. The number of nitrogens with one attached hydrogen (secondary N) is 2. The highest BCUT2D eigenvalue weighted by molar-refractivity contribution is 7.10. The number of imidazole rings is 1. The quantitative estimate of drug-likeness (QED) is 0.744. The van der Waals surface area contributed by atoms with E-state index in [0.717, 1.165) is 44.2 Å². The number of hydrogen-bond donors (Lipinski definition) is 2. The minimum absolute atomic E-state index is 0.312. The van der Waals surface area contributed by atoms with Gasteiger partial charge in [0.25, 0.3) is 0 Å². The van der Waals surface area contributed by atoms with E-state index in [1.807, 2.05) is 0 Å². The summed E-state index contributed by atoms with van der Waals surface area (Å²) in [6, 6.07) is 4.61. The van der Waals surface area contributed by atoms with Crippen molar-refractivity contribution in [3.8, 4) is 0 Å².